The number of carboxylic acid groups (broad SMARTS) is 1. The van der Waals surface area contributed by atoms with Crippen LogP contribution >= 0.6 is 0 Å². The Morgan fingerprint density at radius 1 is 1.42 bits per heavy atom. The van der Waals surface area contributed by atoms with Gasteiger partial charge in [0.15, 0.2) is 5.82 Å². The molecule has 1 fully saturated rings. The lowest BCUT2D eigenvalue weighted by atomic mass is 9.83. The summed E-state index contributed by atoms with van der Waals surface area (Å²) in [6, 6.07) is 0. The SMILES string of the molecule is CC1(C)CC1c1noc([C@@H]2CC=CC[C@@H]2C(=O)O)n1. The lowest BCUT2D eigenvalue weighted by Gasteiger charge is -2.21. The van der Waals surface area contributed by atoms with Crippen molar-refractivity contribution in [2.24, 2.45) is 11.3 Å². The first-order chi connectivity index (χ1) is 8.99. The van der Waals surface area contributed by atoms with Crippen LogP contribution in [0.3, 0.4) is 0 Å². The zero-order chi connectivity index (χ0) is 13.6. The first kappa shape index (κ1) is 12.4. The fourth-order valence-electron chi connectivity index (χ4n) is 2.81. The molecule has 2 aliphatic carbocycles. The predicted octanol–water partition coefficient (Wildman–Crippen LogP) is 2.72. The van der Waals surface area contributed by atoms with Crippen LogP contribution in [0, 0.1) is 11.3 Å². The molecule has 1 heterocycles. The quantitative estimate of drug-likeness (QED) is 0.847. The van der Waals surface area contributed by atoms with Gasteiger partial charge in [-0.2, -0.15) is 4.98 Å². The van der Waals surface area contributed by atoms with Crippen molar-refractivity contribution in [3.8, 4) is 0 Å². The molecule has 102 valence electrons. The number of hydrogen-bond acceptors (Lipinski definition) is 4. The highest BCUT2D eigenvalue weighted by molar-refractivity contribution is 5.71. The molecule has 1 aromatic rings. The van der Waals surface area contributed by atoms with Gasteiger partial charge in [-0.3, -0.25) is 4.79 Å². The summed E-state index contributed by atoms with van der Waals surface area (Å²) in [7, 11) is 0. The molecule has 5 heteroatoms. The smallest absolute Gasteiger partial charge is 0.307 e. The summed E-state index contributed by atoms with van der Waals surface area (Å²) in [6.07, 6.45) is 6.17. The van der Waals surface area contributed by atoms with Gasteiger partial charge in [0, 0.05) is 5.92 Å². The Morgan fingerprint density at radius 3 is 2.74 bits per heavy atom. The van der Waals surface area contributed by atoms with Gasteiger partial charge in [-0.25, -0.2) is 0 Å². The van der Waals surface area contributed by atoms with Crippen LogP contribution in [0.25, 0.3) is 0 Å². The molecule has 0 bridgehead atoms. The molecule has 0 amide bonds. The van der Waals surface area contributed by atoms with Crippen LogP contribution in [0.1, 0.15) is 56.7 Å². The van der Waals surface area contributed by atoms with E-state index in [1.807, 2.05) is 12.2 Å². The summed E-state index contributed by atoms with van der Waals surface area (Å²) in [5.41, 5.74) is 0.250. The van der Waals surface area contributed by atoms with E-state index in [4.69, 9.17) is 4.52 Å². The van der Waals surface area contributed by atoms with Crippen molar-refractivity contribution < 1.29 is 14.4 Å². The van der Waals surface area contributed by atoms with Gasteiger partial charge in [-0.1, -0.05) is 31.2 Å². The Hall–Kier alpha value is -1.65. The molecule has 1 aromatic heterocycles. The normalized spacial score (nSPS) is 32.2. The van der Waals surface area contributed by atoms with Crippen molar-refractivity contribution >= 4 is 5.97 Å². The van der Waals surface area contributed by atoms with E-state index >= 15 is 0 Å². The van der Waals surface area contributed by atoms with E-state index in [0.717, 1.165) is 12.2 Å². The Morgan fingerprint density at radius 2 is 2.11 bits per heavy atom. The summed E-state index contributed by atoms with van der Waals surface area (Å²) in [5, 5.41) is 13.3. The van der Waals surface area contributed by atoms with Gasteiger partial charge in [0.05, 0.1) is 11.8 Å². The minimum absolute atomic E-state index is 0.189. The third-order valence-corrected chi connectivity index (χ3v) is 4.35. The Labute approximate surface area is 111 Å². The number of nitrogens with zero attached hydrogens (tertiary/aromatic N) is 2. The molecule has 19 heavy (non-hydrogen) atoms. The number of aromatic nitrogens is 2. The van der Waals surface area contributed by atoms with Crippen molar-refractivity contribution in [1.29, 1.82) is 0 Å². The van der Waals surface area contributed by atoms with E-state index in [9.17, 15) is 9.90 Å². The second kappa shape index (κ2) is 4.18. The molecule has 5 nitrogen and oxygen atoms in total. The number of allylic oxidation sites excluding steroid dienone is 2. The fraction of sp³-hybridized carbons (Fsp3) is 0.643. The van der Waals surface area contributed by atoms with E-state index in [1.54, 1.807) is 0 Å². The monoisotopic (exact) mass is 262 g/mol. The van der Waals surface area contributed by atoms with Crippen LogP contribution in [0.5, 0.6) is 0 Å². The number of carbonyl (C=O) groups is 1. The molecule has 0 aromatic carbocycles. The zero-order valence-corrected chi connectivity index (χ0v) is 11.2. The largest absolute Gasteiger partial charge is 0.481 e. The predicted molar refractivity (Wildman–Crippen MR) is 67.7 cm³/mol. The molecule has 0 spiro atoms. The summed E-state index contributed by atoms with van der Waals surface area (Å²) < 4.78 is 5.32. The van der Waals surface area contributed by atoms with Crippen molar-refractivity contribution in [3.05, 3.63) is 23.9 Å². The summed E-state index contributed by atoms with van der Waals surface area (Å²) >= 11 is 0. The lowest BCUT2D eigenvalue weighted by Crippen LogP contribution is -2.23. The van der Waals surface area contributed by atoms with E-state index < -0.39 is 11.9 Å². The molecule has 2 aliphatic rings. The van der Waals surface area contributed by atoms with Gasteiger partial charge in [-0.15, -0.1) is 0 Å². The van der Waals surface area contributed by atoms with Crippen LogP contribution in [0.4, 0.5) is 0 Å². The van der Waals surface area contributed by atoms with Gasteiger partial charge in [0.1, 0.15) is 0 Å². The molecule has 0 saturated heterocycles. The number of rotatable bonds is 3. The van der Waals surface area contributed by atoms with Gasteiger partial charge in [-0.05, 0) is 24.7 Å². The third-order valence-electron chi connectivity index (χ3n) is 4.35. The van der Waals surface area contributed by atoms with E-state index in [1.165, 1.54) is 0 Å². The highest BCUT2D eigenvalue weighted by Gasteiger charge is 2.50. The highest BCUT2D eigenvalue weighted by Crippen LogP contribution is 2.57. The third kappa shape index (κ3) is 2.17. The standard InChI is InChI=1S/C14H18N2O3/c1-14(2)7-10(14)11-15-12(19-16-11)8-5-3-4-6-9(8)13(17)18/h3-4,8-10H,5-7H2,1-2H3,(H,17,18)/t8-,9+,10?/m1/s1. The molecule has 1 N–H and O–H groups in total. The first-order valence-electron chi connectivity index (χ1n) is 6.70. The molecule has 3 atom stereocenters. The van der Waals surface area contributed by atoms with Crippen molar-refractivity contribution in [2.45, 2.75) is 44.9 Å². The maximum Gasteiger partial charge on any atom is 0.307 e. The van der Waals surface area contributed by atoms with Gasteiger partial charge >= 0.3 is 5.97 Å². The molecule has 1 unspecified atom stereocenters. The average molecular weight is 262 g/mol. The summed E-state index contributed by atoms with van der Waals surface area (Å²) in [5.74, 6) is 0.137. The maximum atomic E-state index is 11.3. The Kier molecular flexibility index (Phi) is 2.73. The van der Waals surface area contributed by atoms with Crippen LogP contribution in [0.2, 0.25) is 0 Å². The lowest BCUT2D eigenvalue weighted by molar-refractivity contribution is -0.142. The average Bonchev–Trinajstić information content (AvgIpc) is 2.82. The second-order valence-corrected chi connectivity index (χ2v) is 6.23. The Balaban J connectivity index is 1.82. The fourth-order valence-corrected chi connectivity index (χ4v) is 2.81. The highest BCUT2D eigenvalue weighted by atomic mass is 16.5. The van der Waals surface area contributed by atoms with E-state index in [0.29, 0.717) is 24.7 Å². The maximum absolute atomic E-state index is 11.3. The van der Waals surface area contributed by atoms with Crippen molar-refractivity contribution in [3.63, 3.8) is 0 Å². The molecular weight excluding hydrogens is 244 g/mol. The number of aliphatic carboxylic acids is 1. The number of carboxylic acids is 1. The Bertz CT molecular complexity index is 533. The summed E-state index contributed by atoms with van der Waals surface area (Å²) in [4.78, 5) is 15.7. The molecule has 0 aliphatic heterocycles. The van der Waals surface area contributed by atoms with Crippen molar-refractivity contribution in [1.82, 2.24) is 10.1 Å². The zero-order valence-electron chi connectivity index (χ0n) is 11.2. The number of hydrogen-bond donors (Lipinski definition) is 1. The van der Waals surface area contributed by atoms with Gasteiger partial charge in [0.2, 0.25) is 5.89 Å². The van der Waals surface area contributed by atoms with Crippen LogP contribution in [-0.4, -0.2) is 21.2 Å². The van der Waals surface area contributed by atoms with Crippen molar-refractivity contribution in [2.75, 3.05) is 0 Å². The van der Waals surface area contributed by atoms with Crippen LogP contribution < -0.4 is 0 Å². The summed E-state index contributed by atoms with van der Waals surface area (Å²) in [6.45, 7) is 4.36. The topological polar surface area (TPSA) is 76.2 Å². The van der Waals surface area contributed by atoms with Crippen LogP contribution in [-0.2, 0) is 4.79 Å². The van der Waals surface area contributed by atoms with Gasteiger partial charge in [0.25, 0.3) is 0 Å². The minimum Gasteiger partial charge on any atom is -0.481 e. The molecule has 0 radical (unpaired) electrons. The molecular formula is C14H18N2O3. The first-order valence-corrected chi connectivity index (χ1v) is 6.70. The van der Waals surface area contributed by atoms with E-state index in [2.05, 4.69) is 24.0 Å². The molecule has 1 saturated carbocycles. The minimum atomic E-state index is -0.791. The van der Waals surface area contributed by atoms with E-state index in [-0.39, 0.29) is 11.3 Å². The van der Waals surface area contributed by atoms with Crippen LogP contribution in [0.15, 0.2) is 16.7 Å². The second-order valence-electron chi connectivity index (χ2n) is 6.23. The van der Waals surface area contributed by atoms with Gasteiger partial charge < -0.3 is 9.63 Å². The molecule has 3 rings (SSSR count).